The van der Waals surface area contributed by atoms with Gasteiger partial charge in [0.25, 0.3) is 0 Å². The second-order valence-electron chi connectivity index (χ2n) is 9.55. The average molecular weight is 537 g/mol. The maximum absolute atomic E-state index is 11.5. The van der Waals surface area contributed by atoms with Gasteiger partial charge >= 0.3 is 5.97 Å². The van der Waals surface area contributed by atoms with E-state index in [1.54, 1.807) is 24.3 Å². The molecule has 3 N–H and O–H groups in total. The molecule has 0 saturated heterocycles. The van der Waals surface area contributed by atoms with Crippen LogP contribution in [-0.2, 0) is 24.6 Å². The number of aliphatic hydroxyl groups excluding tert-OH is 1. The Balaban J connectivity index is 1.54. The van der Waals surface area contributed by atoms with E-state index in [1.165, 1.54) is 6.92 Å². The molecule has 0 heterocycles. The fourth-order valence-electron chi connectivity index (χ4n) is 4.41. The molecule has 2 atom stereocenters. The Kier molecular flexibility index (Phi) is 9.53. The van der Waals surface area contributed by atoms with E-state index in [4.69, 9.17) is 9.47 Å². The largest absolute Gasteiger partial charge is 0.489 e. The Morgan fingerprint density at radius 3 is 2.42 bits per heavy atom. The van der Waals surface area contributed by atoms with Gasteiger partial charge in [-0.1, -0.05) is 66.7 Å². The topological polar surface area (TPSA) is 112 Å². The van der Waals surface area contributed by atoms with Gasteiger partial charge in [-0.05, 0) is 59.9 Å². The fraction of sp³-hybridized carbons (Fsp3) is 0.212. The van der Waals surface area contributed by atoms with E-state index in [9.17, 15) is 20.3 Å². The lowest BCUT2D eigenvalue weighted by Crippen LogP contribution is -2.44. The second-order valence-corrected chi connectivity index (χ2v) is 9.55. The van der Waals surface area contributed by atoms with Crippen LogP contribution >= 0.6 is 0 Å². The average Bonchev–Trinajstić information content (AvgIpc) is 2.96. The second kappa shape index (κ2) is 13.4. The standard InChI is InChI=1S/C33H32N2O5/c1-22-28(12-7-13-30(22)26-10-4-3-5-11-26)21-39-29-15-14-27(19-35-32(23(2)36)33(37)38)31(17-29)40-20-25-9-6-8-24(16-25)18-34/h3-17,23,32,35-36H,19-21H2,1-2H3,(H,37,38)/t23-,32-/m0/s1. The zero-order chi connectivity index (χ0) is 28.5. The van der Waals surface area contributed by atoms with Gasteiger partial charge in [-0.25, -0.2) is 0 Å². The normalized spacial score (nSPS) is 12.2. The lowest BCUT2D eigenvalue weighted by atomic mass is 9.97. The van der Waals surface area contributed by atoms with E-state index in [-0.39, 0.29) is 13.2 Å². The summed E-state index contributed by atoms with van der Waals surface area (Å²) < 4.78 is 12.3. The maximum atomic E-state index is 11.5. The number of hydrogen-bond acceptors (Lipinski definition) is 6. The van der Waals surface area contributed by atoms with Gasteiger partial charge in [0, 0.05) is 18.2 Å². The molecular weight excluding hydrogens is 504 g/mol. The Morgan fingerprint density at radius 1 is 0.925 bits per heavy atom. The van der Waals surface area contributed by atoms with Crippen LogP contribution in [0.5, 0.6) is 11.5 Å². The van der Waals surface area contributed by atoms with E-state index in [0.29, 0.717) is 29.2 Å². The SMILES string of the molecule is Cc1c(COc2ccc(CN[C@H](C(=O)O)[C@H](C)O)c(OCc3cccc(C#N)c3)c2)cccc1-c1ccccc1. The molecule has 4 aromatic carbocycles. The molecule has 0 aliphatic carbocycles. The predicted molar refractivity (Wildman–Crippen MR) is 153 cm³/mol. The highest BCUT2D eigenvalue weighted by Crippen LogP contribution is 2.29. The van der Waals surface area contributed by atoms with Gasteiger partial charge in [0.2, 0.25) is 0 Å². The molecule has 0 radical (unpaired) electrons. The Morgan fingerprint density at radius 2 is 1.70 bits per heavy atom. The lowest BCUT2D eigenvalue weighted by Gasteiger charge is -2.19. The molecule has 4 rings (SSSR count). The number of hydrogen-bond donors (Lipinski definition) is 3. The maximum Gasteiger partial charge on any atom is 0.323 e. The molecule has 0 spiro atoms. The fourth-order valence-corrected chi connectivity index (χ4v) is 4.41. The van der Waals surface area contributed by atoms with Gasteiger partial charge in [-0.2, -0.15) is 5.26 Å². The highest BCUT2D eigenvalue weighted by atomic mass is 16.5. The molecule has 0 bridgehead atoms. The van der Waals surface area contributed by atoms with Crippen LogP contribution < -0.4 is 14.8 Å². The third-order valence-electron chi connectivity index (χ3n) is 6.68. The zero-order valence-electron chi connectivity index (χ0n) is 22.5. The number of nitriles is 1. The number of benzene rings is 4. The van der Waals surface area contributed by atoms with Gasteiger partial charge in [-0.15, -0.1) is 0 Å². The van der Waals surface area contributed by atoms with Gasteiger partial charge in [0.05, 0.1) is 17.7 Å². The van der Waals surface area contributed by atoms with Gasteiger partial charge < -0.3 is 19.7 Å². The van der Waals surface area contributed by atoms with E-state index < -0.39 is 18.1 Å². The van der Waals surface area contributed by atoms with Gasteiger partial charge in [0.15, 0.2) is 0 Å². The van der Waals surface area contributed by atoms with Crippen molar-refractivity contribution in [3.8, 4) is 28.7 Å². The number of nitrogens with zero attached hydrogens (tertiary/aromatic N) is 1. The molecule has 0 unspecified atom stereocenters. The molecule has 40 heavy (non-hydrogen) atoms. The minimum absolute atomic E-state index is 0.161. The molecule has 0 aliphatic rings. The first kappa shape index (κ1) is 28.4. The van der Waals surface area contributed by atoms with Crippen LogP contribution in [0, 0.1) is 18.3 Å². The Hall–Kier alpha value is -4.64. The van der Waals surface area contributed by atoms with Crippen molar-refractivity contribution in [2.24, 2.45) is 0 Å². The number of ether oxygens (including phenoxy) is 2. The van der Waals surface area contributed by atoms with E-state index in [2.05, 4.69) is 36.5 Å². The third-order valence-corrected chi connectivity index (χ3v) is 6.68. The Labute approximate surface area is 234 Å². The summed E-state index contributed by atoms with van der Waals surface area (Å²) in [5.74, 6) is -0.0324. The minimum Gasteiger partial charge on any atom is -0.489 e. The quantitative estimate of drug-likeness (QED) is 0.216. The number of nitrogens with one attached hydrogen (secondary N) is 1. The lowest BCUT2D eigenvalue weighted by molar-refractivity contribution is -0.142. The van der Waals surface area contributed by atoms with Gasteiger partial charge in [0.1, 0.15) is 30.8 Å². The van der Waals surface area contributed by atoms with Crippen molar-refractivity contribution in [3.05, 3.63) is 119 Å². The molecule has 4 aromatic rings. The van der Waals surface area contributed by atoms with E-state index in [1.807, 2.05) is 48.5 Å². The highest BCUT2D eigenvalue weighted by molar-refractivity contribution is 5.74. The number of carbonyl (C=O) groups is 1. The predicted octanol–water partition coefficient (Wildman–Crippen LogP) is 5.62. The zero-order valence-corrected chi connectivity index (χ0v) is 22.5. The van der Waals surface area contributed by atoms with Crippen LogP contribution in [0.3, 0.4) is 0 Å². The number of carboxylic acid groups (broad SMARTS) is 1. The van der Waals surface area contributed by atoms with Crippen LogP contribution in [0.4, 0.5) is 0 Å². The first-order valence-electron chi connectivity index (χ1n) is 13.0. The third kappa shape index (κ3) is 7.26. The van der Waals surface area contributed by atoms with Crippen LogP contribution in [0.25, 0.3) is 11.1 Å². The van der Waals surface area contributed by atoms with Crippen LogP contribution in [0.15, 0.2) is 91.0 Å². The summed E-state index contributed by atoms with van der Waals surface area (Å²) in [4.78, 5) is 11.5. The molecule has 0 saturated carbocycles. The number of rotatable bonds is 12. The van der Waals surface area contributed by atoms with Crippen molar-refractivity contribution in [1.29, 1.82) is 5.26 Å². The summed E-state index contributed by atoms with van der Waals surface area (Å²) in [6.45, 7) is 4.24. The Bertz CT molecular complexity index is 1490. The molecule has 0 aromatic heterocycles. The monoisotopic (exact) mass is 536 g/mol. The van der Waals surface area contributed by atoms with Crippen molar-refractivity contribution in [3.63, 3.8) is 0 Å². The molecule has 7 nitrogen and oxygen atoms in total. The van der Waals surface area contributed by atoms with E-state index >= 15 is 0 Å². The van der Waals surface area contributed by atoms with Gasteiger partial charge in [-0.3, -0.25) is 10.1 Å². The smallest absolute Gasteiger partial charge is 0.323 e. The number of carboxylic acids is 1. The van der Waals surface area contributed by atoms with E-state index in [0.717, 1.165) is 27.8 Å². The molecule has 0 aliphatic heterocycles. The van der Waals surface area contributed by atoms with Crippen molar-refractivity contribution < 1.29 is 24.5 Å². The summed E-state index contributed by atoms with van der Waals surface area (Å²) in [5.41, 5.74) is 6.56. The van der Waals surface area contributed by atoms with Crippen LogP contribution in [0.2, 0.25) is 0 Å². The molecule has 7 heteroatoms. The number of aliphatic carboxylic acids is 1. The summed E-state index contributed by atoms with van der Waals surface area (Å²) in [5, 5.41) is 31.4. The van der Waals surface area contributed by atoms with Crippen molar-refractivity contribution in [1.82, 2.24) is 5.32 Å². The summed E-state index contributed by atoms with van der Waals surface area (Å²) in [6, 6.07) is 29.9. The van der Waals surface area contributed by atoms with Crippen molar-refractivity contribution >= 4 is 5.97 Å². The van der Waals surface area contributed by atoms with Crippen LogP contribution in [-0.4, -0.2) is 28.3 Å². The molecule has 204 valence electrons. The molecular formula is C33H32N2O5. The summed E-state index contributed by atoms with van der Waals surface area (Å²) in [7, 11) is 0. The van der Waals surface area contributed by atoms with Crippen molar-refractivity contribution in [2.45, 2.75) is 45.8 Å². The highest BCUT2D eigenvalue weighted by Gasteiger charge is 2.23. The molecule has 0 fully saturated rings. The summed E-state index contributed by atoms with van der Waals surface area (Å²) >= 11 is 0. The summed E-state index contributed by atoms with van der Waals surface area (Å²) in [6.07, 6.45) is -1.08. The first-order valence-corrected chi connectivity index (χ1v) is 13.0. The number of aliphatic hydroxyl groups is 1. The first-order chi connectivity index (χ1) is 19.4. The van der Waals surface area contributed by atoms with Crippen LogP contribution in [0.1, 0.15) is 34.7 Å². The van der Waals surface area contributed by atoms with Crippen molar-refractivity contribution in [2.75, 3.05) is 0 Å². The minimum atomic E-state index is -1.14. The molecule has 0 amide bonds.